The molecular weight excluding hydrogens is 439 g/mol. The topological polar surface area (TPSA) is 105 Å². The molecule has 0 unspecified atom stereocenters. The lowest BCUT2D eigenvalue weighted by molar-refractivity contribution is 0.0545. The number of aromatic nitrogens is 4. The number of methoxy groups -OCH3 is 1. The van der Waals surface area contributed by atoms with Crippen LogP contribution in [0.2, 0.25) is 5.02 Å². The summed E-state index contributed by atoms with van der Waals surface area (Å²) in [7, 11) is 1.55. The highest BCUT2D eigenvalue weighted by molar-refractivity contribution is 6.31. The van der Waals surface area contributed by atoms with Crippen LogP contribution in [-0.2, 0) is 9.47 Å². The second-order valence-electron chi connectivity index (χ2n) is 7.47. The quantitative estimate of drug-likeness (QED) is 0.513. The van der Waals surface area contributed by atoms with Gasteiger partial charge in [0.15, 0.2) is 17.5 Å². The highest BCUT2D eigenvalue weighted by atomic mass is 35.5. The first kappa shape index (κ1) is 22.2. The Labute approximate surface area is 189 Å². The van der Waals surface area contributed by atoms with Gasteiger partial charge in [0.05, 0.1) is 23.9 Å². The number of rotatable bonds is 7. The number of amides is 1. The molecule has 0 bridgehead atoms. The predicted molar refractivity (Wildman–Crippen MR) is 118 cm³/mol. The van der Waals surface area contributed by atoms with Crippen molar-refractivity contribution in [3.8, 4) is 11.4 Å². The maximum atomic E-state index is 14.5. The zero-order valence-electron chi connectivity index (χ0n) is 17.6. The fraction of sp³-hybridized carbons (Fsp3) is 0.429. The number of likely N-dealkylation sites (tertiary alicyclic amines) is 1. The Bertz CT molecular complexity index is 1090. The minimum absolute atomic E-state index is 0.0672. The minimum Gasteiger partial charge on any atom is -0.447 e. The van der Waals surface area contributed by atoms with E-state index in [9.17, 15) is 9.18 Å². The number of fused-ring (bicyclic) bond motifs is 1. The Morgan fingerprint density at radius 1 is 1.34 bits per heavy atom. The van der Waals surface area contributed by atoms with Gasteiger partial charge in [-0.25, -0.2) is 24.1 Å². The van der Waals surface area contributed by atoms with Crippen molar-refractivity contribution >= 4 is 34.5 Å². The first-order valence-corrected chi connectivity index (χ1v) is 10.8. The number of H-pyrrole nitrogens is 1. The summed E-state index contributed by atoms with van der Waals surface area (Å²) in [5, 5.41) is 4.27. The average Bonchev–Trinajstić information content (AvgIpc) is 3.22. The number of hydrogen-bond donors (Lipinski definition) is 2. The van der Waals surface area contributed by atoms with Crippen molar-refractivity contribution in [2.24, 2.45) is 0 Å². The zero-order valence-corrected chi connectivity index (χ0v) is 18.4. The van der Waals surface area contributed by atoms with Crippen molar-refractivity contribution in [2.75, 3.05) is 38.7 Å². The lowest BCUT2D eigenvalue weighted by atomic mass is 10.0. The molecule has 1 fully saturated rings. The molecule has 1 amide bonds. The molecule has 11 heteroatoms. The Hall–Kier alpha value is -2.98. The molecule has 170 valence electrons. The average molecular weight is 463 g/mol. The maximum absolute atomic E-state index is 14.5. The van der Waals surface area contributed by atoms with Crippen LogP contribution in [0.5, 0.6) is 0 Å². The summed E-state index contributed by atoms with van der Waals surface area (Å²) in [6.07, 6.45) is 6.66. The van der Waals surface area contributed by atoms with Crippen LogP contribution in [0.25, 0.3) is 22.4 Å². The molecular formula is C21H24ClFN6O3. The summed E-state index contributed by atoms with van der Waals surface area (Å²) in [6, 6.07) is 1.62. The van der Waals surface area contributed by atoms with Crippen LogP contribution in [0.1, 0.15) is 19.3 Å². The molecule has 3 aromatic heterocycles. The maximum Gasteiger partial charge on any atom is 0.410 e. The highest BCUT2D eigenvalue weighted by Crippen LogP contribution is 2.28. The van der Waals surface area contributed by atoms with Crippen LogP contribution in [0, 0.1) is 5.82 Å². The molecule has 4 rings (SSSR count). The number of ether oxygens (including phenoxy) is 2. The summed E-state index contributed by atoms with van der Waals surface area (Å²) >= 11 is 6.07. The summed E-state index contributed by atoms with van der Waals surface area (Å²) in [4.78, 5) is 29.9. The van der Waals surface area contributed by atoms with Gasteiger partial charge in [0, 0.05) is 43.5 Å². The minimum atomic E-state index is -0.574. The number of pyridine rings is 1. The van der Waals surface area contributed by atoms with Crippen LogP contribution in [0.4, 0.5) is 15.0 Å². The number of hydrogen-bond acceptors (Lipinski definition) is 7. The molecule has 1 saturated heterocycles. The summed E-state index contributed by atoms with van der Waals surface area (Å²) in [5.74, 6) is -0.170. The zero-order chi connectivity index (χ0) is 22.5. The van der Waals surface area contributed by atoms with Crippen molar-refractivity contribution in [3.63, 3.8) is 0 Å². The molecule has 0 saturated carbocycles. The standard InChI is InChI=1S/C21H24ClFN6O3/c1-31-6-7-32-21(30)29-5-3-2-4-14(29)10-25-20-17(23)12-27-19(28-20)16-11-26-18-15(16)8-13(22)9-24-18/h8-9,11-12,14H,2-7,10H2,1H3,(H,24,26)(H,25,27,28)/t14-/m0/s1. The van der Waals surface area contributed by atoms with Gasteiger partial charge in [-0.15, -0.1) is 0 Å². The lowest BCUT2D eigenvalue weighted by Gasteiger charge is -2.35. The second-order valence-corrected chi connectivity index (χ2v) is 7.91. The Kier molecular flexibility index (Phi) is 7.01. The molecule has 0 spiro atoms. The predicted octanol–water partition coefficient (Wildman–Crippen LogP) is 3.86. The molecule has 0 aromatic carbocycles. The van der Waals surface area contributed by atoms with E-state index in [1.807, 2.05) is 0 Å². The van der Waals surface area contributed by atoms with Gasteiger partial charge in [0.1, 0.15) is 12.3 Å². The van der Waals surface area contributed by atoms with Gasteiger partial charge in [-0.05, 0) is 25.3 Å². The number of halogens is 2. The molecule has 2 N–H and O–H groups in total. The molecule has 0 aliphatic carbocycles. The van der Waals surface area contributed by atoms with Crippen LogP contribution < -0.4 is 5.32 Å². The monoisotopic (exact) mass is 462 g/mol. The van der Waals surface area contributed by atoms with E-state index in [-0.39, 0.29) is 24.6 Å². The molecule has 1 atom stereocenters. The van der Waals surface area contributed by atoms with E-state index in [0.29, 0.717) is 41.8 Å². The number of anilines is 1. The summed E-state index contributed by atoms with van der Waals surface area (Å²) in [6.45, 7) is 1.47. The molecule has 9 nitrogen and oxygen atoms in total. The van der Waals surface area contributed by atoms with Crippen LogP contribution in [0.3, 0.4) is 0 Å². The van der Waals surface area contributed by atoms with E-state index in [4.69, 9.17) is 21.1 Å². The van der Waals surface area contributed by atoms with Crippen molar-refractivity contribution in [1.82, 2.24) is 24.8 Å². The third-order valence-electron chi connectivity index (χ3n) is 5.36. The van der Waals surface area contributed by atoms with E-state index >= 15 is 0 Å². The third-order valence-corrected chi connectivity index (χ3v) is 5.57. The number of piperidine rings is 1. The molecule has 32 heavy (non-hydrogen) atoms. The van der Waals surface area contributed by atoms with Gasteiger partial charge in [-0.3, -0.25) is 0 Å². The van der Waals surface area contributed by atoms with E-state index in [1.165, 1.54) is 0 Å². The molecule has 1 aliphatic rings. The number of nitrogens with zero attached hydrogens (tertiary/aromatic N) is 4. The number of aromatic amines is 1. The van der Waals surface area contributed by atoms with Gasteiger partial charge < -0.3 is 24.7 Å². The lowest BCUT2D eigenvalue weighted by Crippen LogP contribution is -2.47. The third kappa shape index (κ3) is 4.91. The van der Waals surface area contributed by atoms with Gasteiger partial charge in [-0.2, -0.15) is 0 Å². The van der Waals surface area contributed by atoms with Crippen molar-refractivity contribution in [1.29, 1.82) is 0 Å². The Morgan fingerprint density at radius 3 is 3.06 bits per heavy atom. The van der Waals surface area contributed by atoms with Gasteiger partial charge in [-0.1, -0.05) is 11.6 Å². The van der Waals surface area contributed by atoms with E-state index in [1.54, 1.807) is 30.5 Å². The molecule has 1 aliphatic heterocycles. The van der Waals surface area contributed by atoms with E-state index in [2.05, 4.69) is 25.3 Å². The van der Waals surface area contributed by atoms with Crippen molar-refractivity contribution in [3.05, 3.63) is 35.5 Å². The first-order valence-electron chi connectivity index (χ1n) is 10.4. The number of carbonyl (C=O) groups excluding carboxylic acids is 1. The van der Waals surface area contributed by atoms with Gasteiger partial charge in [0.2, 0.25) is 0 Å². The Morgan fingerprint density at radius 2 is 2.22 bits per heavy atom. The van der Waals surface area contributed by atoms with Crippen molar-refractivity contribution < 1.29 is 18.7 Å². The fourth-order valence-corrected chi connectivity index (χ4v) is 3.90. The van der Waals surface area contributed by atoms with Gasteiger partial charge in [0.25, 0.3) is 0 Å². The number of nitrogens with one attached hydrogen (secondary N) is 2. The second kappa shape index (κ2) is 10.1. The smallest absolute Gasteiger partial charge is 0.410 e. The van der Waals surface area contributed by atoms with Crippen LogP contribution in [-0.4, -0.2) is 70.4 Å². The largest absolute Gasteiger partial charge is 0.447 e. The molecule has 0 radical (unpaired) electrons. The highest BCUT2D eigenvalue weighted by Gasteiger charge is 2.28. The summed E-state index contributed by atoms with van der Waals surface area (Å²) in [5.41, 5.74) is 1.30. The number of carbonyl (C=O) groups is 1. The van der Waals surface area contributed by atoms with E-state index < -0.39 is 5.82 Å². The Balaban J connectivity index is 1.49. The van der Waals surface area contributed by atoms with Crippen molar-refractivity contribution in [2.45, 2.75) is 25.3 Å². The van der Waals surface area contributed by atoms with Gasteiger partial charge >= 0.3 is 6.09 Å². The summed E-state index contributed by atoms with van der Waals surface area (Å²) < 4.78 is 24.6. The van der Waals surface area contributed by atoms with E-state index in [0.717, 1.165) is 30.8 Å². The van der Waals surface area contributed by atoms with Crippen LogP contribution >= 0.6 is 11.6 Å². The molecule has 3 aromatic rings. The first-order chi connectivity index (χ1) is 15.6. The fourth-order valence-electron chi connectivity index (χ4n) is 3.75. The molecule has 4 heterocycles. The van der Waals surface area contributed by atoms with Crippen LogP contribution in [0.15, 0.2) is 24.7 Å². The SMILES string of the molecule is COCCOC(=O)N1CCCC[C@H]1CNc1nc(-c2c[nH]c3ncc(Cl)cc23)ncc1F. The normalized spacial score (nSPS) is 16.3.